The van der Waals surface area contributed by atoms with Crippen molar-refractivity contribution in [2.45, 2.75) is 58.3 Å². The quantitative estimate of drug-likeness (QED) is 0.379. The monoisotopic (exact) mass is 447 g/mol. The van der Waals surface area contributed by atoms with Gasteiger partial charge < -0.3 is 24.3 Å². The van der Waals surface area contributed by atoms with Crippen LogP contribution >= 0.6 is 8.58 Å². The Morgan fingerprint density at radius 2 is 1.68 bits per heavy atom. The van der Waals surface area contributed by atoms with E-state index in [9.17, 15) is 0 Å². The fourth-order valence-electron chi connectivity index (χ4n) is 3.32. The summed E-state index contributed by atoms with van der Waals surface area (Å²) in [5.74, 6) is 2.12. The second kappa shape index (κ2) is 11.2. The average molecular weight is 448 g/mol. The molecular formula is C25H38NO4P. The van der Waals surface area contributed by atoms with E-state index >= 15 is 0 Å². The number of nitrogens with one attached hydrogen (secondary N) is 1. The second-order valence-electron chi connectivity index (χ2n) is 8.83. The van der Waals surface area contributed by atoms with Crippen LogP contribution in [0.4, 0.5) is 0 Å². The lowest BCUT2D eigenvalue weighted by atomic mass is 9.95. The zero-order valence-electron chi connectivity index (χ0n) is 20.2. The maximum atomic E-state index is 6.01. The molecule has 0 saturated carbocycles. The van der Waals surface area contributed by atoms with Crippen molar-refractivity contribution in [3.8, 4) is 17.2 Å². The van der Waals surface area contributed by atoms with Crippen LogP contribution in [0.15, 0.2) is 36.4 Å². The molecule has 0 fully saturated rings. The van der Waals surface area contributed by atoms with Crippen molar-refractivity contribution in [2.75, 3.05) is 28.1 Å². The molecule has 2 rings (SSSR count). The van der Waals surface area contributed by atoms with Gasteiger partial charge in [0, 0.05) is 36.0 Å². The van der Waals surface area contributed by atoms with Gasteiger partial charge >= 0.3 is 0 Å². The van der Waals surface area contributed by atoms with E-state index in [2.05, 4.69) is 70.3 Å². The van der Waals surface area contributed by atoms with Gasteiger partial charge in [0.2, 0.25) is 0 Å². The minimum Gasteiger partial charge on any atom is -0.497 e. The molecule has 0 bridgehead atoms. The van der Waals surface area contributed by atoms with Crippen molar-refractivity contribution in [1.82, 2.24) is 5.32 Å². The van der Waals surface area contributed by atoms with Gasteiger partial charge in [-0.1, -0.05) is 46.7 Å². The third-order valence-corrected chi connectivity index (χ3v) is 7.28. The molecule has 0 heterocycles. The Morgan fingerprint density at radius 3 is 2.26 bits per heavy atom. The average Bonchev–Trinajstić information content (AvgIpc) is 2.75. The summed E-state index contributed by atoms with van der Waals surface area (Å²) in [6, 6.07) is 12.6. The van der Waals surface area contributed by atoms with E-state index in [1.54, 1.807) is 21.3 Å². The summed E-state index contributed by atoms with van der Waals surface area (Å²) in [4.78, 5) is 0. The molecule has 0 amide bonds. The van der Waals surface area contributed by atoms with Gasteiger partial charge in [-0.05, 0) is 44.1 Å². The molecule has 1 N–H and O–H groups in total. The van der Waals surface area contributed by atoms with Gasteiger partial charge in [0.05, 0.1) is 14.2 Å². The van der Waals surface area contributed by atoms with Gasteiger partial charge in [-0.2, -0.15) is 0 Å². The van der Waals surface area contributed by atoms with Gasteiger partial charge in [0.25, 0.3) is 0 Å². The van der Waals surface area contributed by atoms with Crippen LogP contribution in [-0.4, -0.2) is 33.7 Å². The van der Waals surface area contributed by atoms with Crippen LogP contribution in [0.5, 0.6) is 17.2 Å². The standard InChI is InChI=1S/C25H38NO4P/c1-9-25(5,31-22-13-11-10-12-18(22)16-26-24(2,3)4)20-14-19(28-7)15-21(29-8)23(20)30-17-27-6/h10-15,26,31H,9,16-17H2,1-8H3. The highest BCUT2D eigenvalue weighted by molar-refractivity contribution is 7.48. The molecule has 0 radical (unpaired) electrons. The van der Waals surface area contributed by atoms with Crippen molar-refractivity contribution < 1.29 is 18.9 Å². The molecular weight excluding hydrogens is 409 g/mol. The number of rotatable bonds is 11. The molecule has 0 aromatic heterocycles. The van der Waals surface area contributed by atoms with Crippen LogP contribution in [-0.2, 0) is 16.4 Å². The lowest BCUT2D eigenvalue weighted by molar-refractivity contribution is 0.0479. The van der Waals surface area contributed by atoms with Gasteiger partial charge in [-0.15, -0.1) is 0 Å². The zero-order valence-corrected chi connectivity index (χ0v) is 21.2. The van der Waals surface area contributed by atoms with Gasteiger partial charge in [0.15, 0.2) is 18.3 Å². The number of hydrogen-bond acceptors (Lipinski definition) is 5. The Morgan fingerprint density at radius 1 is 0.968 bits per heavy atom. The van der Waals surface area contributed by atoms with E-state index in [1.165, 1.54) is 10.9 Å². The predicted molar refractivity (Wildman–Crippen MR) is 131 cm³/mol. The first-order valence-electron chi connectivity index (χ1n) is 10.7. The van der Waals surface area contributed by atoms with Crippen LogP contribution in [0.1, 0.15) is 52.2 Å². The van der Waals surface area contributed by atoms with Crippen molar-refractivity contribution >= 4 is 13.9 Å². The van der Waals surface area contributed by atoms with Crippen LogP contribution < -0.4 is 24.8 Å². The molecule has 0 aliphatic carbocycles. The molecule has 31 heavy (non-hydrogen) atoms. The highest BCUT2D eigenvalue weighted by Gasteiger charge is 2.32. The van der Waals surface area contributed by atoms with Crippen molar-refractivity contribution in [3.05, 3.63) is 47.5 Å². The molecule has 0 spiro atoms. The van der Waals surface area contributed by atoms with Gasteiger partial charge in [-0.25, -0.2) is 0 Å². The predicted octanol–water partition coefficient (Wildman–Crippen LogP) is 5.20. The molecule has 0 saturated heterocycles. The maximum Gasteiger partial charge on any atom is 0.188 e. The minimum atomic E-state index is -0.164. The van der Waals surface area contributed by atoms with E-state index in [0.717, 1.165) is 24.3 Å². The smallest absolute Gasteiger partial charge is 0.188 e. The summed E-state index contributed by atoms with van der Waals surface area (Å²) < 4.78 is 22.4. The Balaban J connectivity index is 2.51. The summed E-state index contributed by atoms with van der Waals surface area (Å²) in [5.41, 5.74) is 2.45. The third-order valence-electron chi connectivity index (χ3n) is 5.34. The molecule has 6 heteroatoms. The fourth-order valence-corrected chi connectivity index (χ4v) is 4.93. The maximum absolute atomic E-state index is 6.01. The number of hydrogen-bond donors (Lipinski definition) is 1. The molecule has 5 nitrogen and oxygen atoms in total. The van der Waals surface area contributed by atoms with E-state index in [4.69, 9.17) is 18.9 Å². The molecule has 172 valence electrons. The number of ether oxygens (including phenoxy) is 4. The molecule has 2 aromatic rings. The summed E-state index contributed by atoms with van der Waals surface area (Å²) >= 11 is 0. The van der Waals surface area contributed by atoms with E-state index in [-0.39, 0.29) is 17.5 Å². The van der Waals surface area contributed by atoms with Crippen LogP contribution in [0.2, 0.25) is 0 Å². The Kier molecular flexibility index (Phi) is 9.17. The topological polar surface area (TPSA) is 49.0 Å². The SMILES string of the molecule is CCC(C)(Pc1ccccc1CNC(C)(C)C)c1cc(OC)cc(OC)c1OCOC. The third kappa shape index (κ3) is 6.83. The molecule has 0 aliphatic heterocycles. The normalized spacial score (nSPS) is 13.9. The lowest BCUT2D eigenvalue weighted by Gasteiger charge is -2.33. The van der Waals surface area contributed by atoms with Gasteiger partial charge in [0.1, 0.15) is 5.75 Å². The first-order chi connectivity index (χ1) is 14.7. The van der Waals surface area contributed by atoms with E-state index in [0.29, 0.717) is 20.1 Å². The highest BCUT2D eigenvalue weighted by Crippen LogP contribution is 2.51. The zero-order chi connectivity index (χ0) is 23.1. The minimum absolute atomic E-state index is 0.0611. The van der Waals surface area contributed by atoms with Crippen LogP contribution in [0.25, 0.3) is 0 Å². The first-order valence-corrected chi connectivity index (χ1v) is 11.7. The second-order valence-corrected chi connectivity index (χ2v) is 10.7. The highest BCUT2D eigenvalue weighted by atomic mass is 31.1. The van der Waals surface area contributed by atoms with Crippen molar-refractivity contribution in [3.63, 3.8) is 0 Å². The van der Waals surface area contributed by atoms with E-state index < -0.39 is 0 Å². The summed E-state index contributed by atoms with van der Waals surface area (Å²) in [6.07, 6.45) is 0.937. The van der Waals surface area contributed by atoms with Crippen molar-refractivity contribution in [1.29, 1.82) is 0 Å². The molecule has 0 aliphatic rings. The fraction of sp³-hybridized carbons (Fsp3) is 0.520. The van der Waals surface area contributed by atoms with Crippen molar-refractivity contribution in [2.24, 2.45) is 0 Å². The Hall–Kier alpha value is -1.81. The number of methoxy groups -OCH3 is 3. The molecule has 2 atom stereocenters. The van der Waals surface area contributed by atoms with Crippen LogP contribution in [0, 0.1) is 0 Å². The largest absolute Gasteiger partial charge is 0.497 e. The molecule has 2 unspecified atom stereocenters. The molecule has 2 aromatic carbocycles. The first kappa shape index (κ1) is 25.5. The summed E-state index contributed by atoms with van der Waals surface area (Å²) in [5, 5.41) is 4.81. The van der Waals surface area contributed by atoms with Gasteiger partial charge in [-0.3, -0.25) is 0 Å². The number of benzene rings is 2. The Bertz CT molecular complexity index is 850. The van der Waals surface area contributed by atoms with E-state index in [1.807, 2.05) is 6.07 Å². The summed E-state index contributed by atoms with van der Waals surface area (Å²) in [7, 11) is 5.49. The van der Waals surface area contributed by atoms with Crippen LogP contribution in [0.3, 0.4) is 0 Å². The Labute approximate surface area is 189 Å². The lowest BCUT2D eigenvalue weighted by Crippen LogP contribution is -2.36. The summed E-state index contributed by atoms with van der Waals surface area (Å²) in [6.45, 7) is 12.1.